The minimum atomic E-state index is -0.825. The zero-order chi connectivity index (χ0) is 11.4. The Balaban J connectivity index is 2.73. The van der Waals surface area contributed by atoms with Gasteiger partial charge in [-0.2, -0.15) is 0 Å². The number of hydrogen-bond donors (Lipinski definition) is 1. The van der Waals surface area contributed by atoms with Gasteiger partial charge in [-0.1, -0.05) is 0 Å². The van der Waals surface area contributed by atoms with Gasteiger partial charge < -0.3 is 14.7 Å². The minimum Gasteiger partial charge on any atom is -0.502 e. The predicted molar refractivity (Wildman–Crippen MR) is 52.8 cm³/mol. The third-order valence-electron chi connectivity index (χ3n) is 2.04. The highest BCUT2D eigenvalue weighted by molar-refractivity contribution is 5.94. The number of carbonyl (C=O) groups excluding carboxylic acids is 2. The molecule has 0 aliphatic carbocycles. The minimum absolute atomic E-state index is 0.0781. The van der Waals surface area contributed by atoms with Crippen molar-refractivity contribution in [3.8, 4) is 0 Å². The Bertz CT molecular complexity index is 339. The molecule has 1 heterocycles. The Hall–Kier alpha value is -1.78. The van der Waals surface area contributed by atoms with E-state index in [-0.39, 0.29) is 11.7 Å². The number of esters is 1. The smallest absolute Gasteiger partial charge is 0.378 e. The third-order valence-corrected chi connectivity index (χ3v) is 2.04. The van der Waals surface area contributed by atoms with E-state index in [1.54, 1.807) is 4.90 Å². The average Bonchev–Trinajstić information content (AvgIpc) is 2.47. The number of carbonyl (C=O) groups is 2. The fourth-order valence-electron chi connectivity index (χ4n) is 1.20. The maximum Gasteiger partial charge on any atom is 0.378 e. The van der Waals surface area contributed by atoms with Gasteiger partial charge in [0.05, 0.1) is 0 Å². The van der Waals surface area contributed by atoms with Crippen LogP contribution in [-0.2, 0) is 14.3 Å². The molecule has 0 radical (unpaired) electrons. The Morgan fingerprint density at radius 1 is 1.53 bits per heavy atom. The van der Waals surface area contributed by atoms with Gasteiger partial charge in [-0.3, -0.25) is 4.79 Å². The van der Waals surface area contributed by atoms with E-state index >= 15 is 0 Å². The second-order valence-corrected chi connectivity index (χ2v) is 2.98. The van der Waals surface area contributed by atoms with Crippen molar-refractivity contribution in [3.05, 3.63) is 23.7 Å². The third kappa shape index (κ3) is 2.59. The highest BCUT2D eigenvalue weighted by atomic mass is 16.6. The van der Waals surface area contributed by atoms with Gasteiger partial charge in [0, 0.05) is 25.2 Å². The van der Waals surface area contributed by atoms with Gasteiger partial charge in [0.1, 0.15) is 5.76 Å². The van der Waals surface area contributed by atoms with E-state index in [0.717, 1.165) is 6.08 Å². The standard InChI is InChI=1S/C10H13NO4/c1-3-11(4-2)9(13)6-7-5-8(12)10(14)15-7/h5-6,12H,3-4H2,1-2H3/b7-6+. The molecule has 5 nitrogen and oxygen atoms in total. The number of amides is 1. The molecule has 1 aliphatic rings. The molecule has 1 aliphatic heterocycles. The molecule has 1 amide bonds. The van der Waals surface area contributed by atoms with E-state index in [9.17, 15) is 9.59 Å². The summed E-state index contributed by atoms with van der Waals surface area (Å²) in [4.78, 5) is 23.9. The molecular weight excluding hydrogens is 198 g/mol. The van der Waals surface area contributed by atoms with Crippen molar-refractivity contribution in [1.29, 1.82) is 0 Å². The number of cyclic esters (lactones) is 1. The summed E-state index contributed by atoms with van der Waals surface area (Å²) < 4.78 is 4.62. The molecule has 5 heteroatoms. The molecule has 82 valence electrons. The zero-order valence-corrected chi connectivity index (χ0v) is 8.69. The van der Waals surface area contributed by atoms with Crippen LogP contribution in [0.15, 0.2) is 23.7 Å². The number of hydrogen-bond acceptors (Lipinski definition) is 4. The molecule has 1 N–H and O–H groups in total. The summed E-state index contributed by atoms with van der Waals surface area (Å²) in [6.45, 7) is 4.88. The molecule has 0 aromatic carbocycles. The predicted octanol–water partition coefficient (Wildman–Crippen LogP) is 0.737. The monoisotopic (exact) mass is 211 g/mol. The maximum atomic E-state index is 11.5. The van der Waals surface area contributed by atoms with Crippen molar-refractivity contribution >= 4 is 11.9 Å². The van der Waals surface area contributed by atoms with Crippen LogP contribution in [0.5, 0.6) is 0 Å². The lowest BCUT2D eigenvalue weighted by atomic mass is 10.3. The molecule has 1 rings (SSSR count). The van der Waals surface area contributed by atoms with Crippen molar-refractivity contribution in [3.63, 3.8) is 0 Å². The van der Waals surface area contributed by atoms with Gasteiger partial charge in [0.2, 0.25) is 11.7 Å². The van der Waals surface area contributed by atoms with Crippen LogP contribution in [0.4, 0.5) is 0 Å². The average molecular weight is 211 g/mol. The first-order chi connectivity index (χ1) is 7.08. The van der Waals surface area contributed by atoms with Crippen LogP contribution in [0.25, 0.3) is 0 Å². The molecule has 0 atom stereocenters. The summed E-state index contributed by atoms with van der Waals surface area (Å²) in [5.41, 5.74) is 0. The molecule has 0 fully saturated rings. The lowest BCUT2D eigenvalue weighted by molar-refractivity contribution is -0.135. The zero-order valence-electron chi connectivity index (χ0n) is 8.69. The second kappa shape index (κ2) is 4.63. The molecular formula is C10H13NO4. The van der Waals surface area contributed by atoms with Crippen LogP contribution in [0.2, 0.25) is 0 Å². The normalized spacial score (nSPS) is 17.6. The van der Waals surface area contributed by atoms with Crippen LogP contribution in [0.3, 0.4) is 0 Å². The van der Waals surface area contributed by atoms with Crippen molar-refractivity contribution in [2.75, 3.05) is 13.1 Å². The highest BCUT2D eigenvalue weighted by Crippen LogP contribution is 2.14. The molecule has 0 aromatic heterocycles. The summed E-state index contributed by atoms with van der Waals surface area (Å²) in [5, 5.41) is 8.95. The molecule has 0 bridgehead atoms. The van der Waals surface area contributed by atoms with Gasteiger partial charge in [0.25, 0.3) is 0 Å². The van der Waals surface area contributed by atoms with Crippen LogP contribution >= 0.6 is 0 Å². The number of rotatable bonds is 3. The Morgan fingerprint density at radius 2 is 2.13 bits per heavy atom. The van der Waals surface area contributed by atoms with Crippen molar-refractivity contribution < 1.29 is 19.4 Å². The van der Waals surface area contributed by atoms with Crippen molar-refractivity contribution in [2.24, 2.45) is 0 Å². The maximum absolute atomic E-state index is 11.5. The van der Waals surface area contributed by atoms with Crippen LogP contribution in [-0.4, -0.2) is 35.0 Å². The fraction of sp³-hybridized carbons (Fsp3) is 0.400. The van der Waals surface area contributed by atoms with E-state index in [4.69, 9.17) is 5.11 Å². The molecule has 0 spiro atoms. The van der Waals surface area contributed by atoms with Crippen molar-refractivity contribution in [1.82, 2.24) is 4.90 Å². The van der Waals surface area contributed by atoms with E-state index in [2.05, 4.69) is 4.74 Å². The van der Waals surface area contributed by atoms with Gasteiger partial charge in [-0.05, 0) is 13.8 Å². The Kier molecular flexibility index (Phi) is 3.49. The van der Waals surface area contributed by atoms with Gasteiger partial charge in [-0.15, -0.1) is 0 Å². The highest BCUT2D eigenvalue weighted by Gasteiger charge is 2.21. The molecule has 15 heavy (non-hydrogen) atoms. The number of aliphatic hydroxyl groups is 1. The van der Waals surface area contributed by atoms with E-state index in [1.165, 1.54) is 6.08 Å². The largest absolute Gasteiger partial charge is 0.502 e. The first kappa shape index (κ1) is 11.3. The molecule has 0 aromatic rings. The Morgan fingerprint density at radius 3 is 2.53 bits per heavy atom. The van der Waals surface area contributed by atoms with E-state index < -0.39 is 11.7 Å². The molecule has 0 saturated carbocycles. The first-order valence-corrected chi connectivity index (χ1v) is 4.72. The van der Waals surface area contributed by atoms with Crippen LogP contribution in [0, 0.1) is 0 Å². The Labute approximate surface area is 87.6 Å². The van der Waals surface area contributed by atoms with Crippen molar-refractivity contribution in [2.45, 2.75) is 13.8 Å². The molecule has 0 saturated heterocycles. The second-order valence-electron chi connectivity index (χ2n) is 2.98. The summed E-state index contributed by atoms with van der Waals surface area (Å²) >= 11 is 0. The van der Waals surface area contributed by atoms with Crippen LogP contribution in [0.1, 0.15) is 13.8 Å². The van der Waals surface area contributed by atoms with Gasteiger partial charge in [0.15, 0.2) is 0 Å². The lowest BCUT2D eigenvalue weighted by Gasteiger charge is -2.15. The van der Waals surface area contributed by atoms with E-state index in [1.807, 2.05) is 13.8 Å². The van der Waals surface area contributed by atoms with E-state index in [0.29, 0.717) is 13.1 Å². The lowest BCUT2D eigenvalue weighted by Crippen LogP contribution is -2.29. The summed E-state index contributed by atoms with van der Waals surface area (Å²) in [5.74, 6) is -1.47. The van der Waals surface area contributed by atoms with Crippen LogP contribution < -0.4 is 0 Å². The summed E-state index contributed by atoms with van der Waals surface area (Å²) in [6, 6.07) is 0. The number of nitrogens with zero attached hydrogens (tertiary/aromatic N) is 1. The quantitative estimate of drug-likeness (QED) is 0.552. The fourth-order valence-corrected chi connectivity index (χ4v) is 1.20. The number of ether oxygens (including phenoxy) is 1. The summed E-state index contributed by atoms with van der Waals surface area (Å²) in [7, 11) is 0. The number of allylic oxidation sites excluding steroid dienone is 1. The van der Waals surface area contributed by atoms with Gasteiger partial charge >= 0.3 is 5.97 Å². The summed E-state index contributed by atoms with van der Waals surface area (Å²) in [6.07, 6.45) is 2.32. The SMILES string of the molecule is CCN(CC)C(=O)/C=C1\C=C(O)C(=O)O1. The molecule has 0 unspecified atom stereocenters. The first-order valence-electron chi connectivity index (χ1n) is 4.72. The topological polar surface area (TPSA) is 66.8 Å². The number of likely N-dealkylation sites (N-methyl/N-ethyl adjacent to an activating group) is 1. The van der Waals surface area contributed by atoms with Gasteiger partial charge in [-0.25, -0.2) is 4.79 Å². The number of aliphatic hydroxyl groups excluding tert-OH is 1.